The molecule has 0 radical (unpaired) electrons. The van der Waals surface area contributed by atoms with Crippen LogP contribution in [0.3, 0.4) is 0 Å². The van der Waals surface area contributed by atoms with Gasteiger partial charge in [-0.3, -0.25) is 0 Å². The van der Waals surface area contributed by atoms with E-state index in [1.807, 2.05) is 11.5 Å². The van der Waals surface area contributed by atoms with Gasteiger partial charge in [0.05, 0.1) is 10.9 Å². The topological polar surface area (TPSA) is 53.6 Å². The number of amidine groups is 1. The number of allylic oxidation sites excluding steroid dienone is 1. The van der Waals surface area contributed by atoms with Gasteiger partial charge in [0.2, 0.25) is 0 Å². The maximum absolute atomic E-state index is 14.6. The van der Waals surface area contributed by atoms with E-state index >= 15 is 0 Å². The molecular formula is C18H23FN4S2. The maximum Gasteiger partial charge on any atom is 0.150 e. The molecule has 134 valence electrons. The van der Waals surface area contributed by atoms with E-state index in [1.54, 1.807) is 29.6 Å². The number of hydrogen-bond acceptors (Lipinski definition) is 5. The van der Waals surface area contributed by atoms with Crippen LogP contribution in [0.2, 0.25) is 0 Å². The van der Waals surface area contributed by atoms with E-state index in [9.17, 15) is 4.39 Å². The number of aliphatic imine (C=N–C) groups is 1. The van der Waals surface area contributed by atoms with Crippen molar-refractivity contribution in [2.24, 2.45) is 10.7 Å². The van der Waals surface area contributed by atoms with Crippen LogP contribution in [-0.2, 0) is 0 Å². The summed E-state index contributed by atoms with van der Waals surface area (Å²) >= 11 is 3.38. The van der Waals surface area contributed by atoms with Crippen LogP contribution in [0, 0.1) is 5.82 Å². The van der Waals surface area contributed by atoms with E-state index in [2.05, 4.69) is 21.3 Å². The Balaban J connectivity index is 1.64. The summed E-state index contributed by atoms with van der Waals surface area (Å²) in [5.74, 6) is 1.23. The van der Waals surface area contributed by atoms with Crippen LogP contribution >= 0.6 is 23.5 Å². The minimum atomic E-state index is -0.280. The zero-order chi connectivity index (χ0) is 17.2. The van der Waals surface area contributed by atoms with Crippen molar-refractivity contribution in [3.63, 3.8) is 0 Å². The second kappa shape index (κ2) is 7.60. The number of fused-ring (bicyclic) bond motifs is 1. The van der Waals surface area contributed by atoms with Gasteiger partial charge in [-0.2, -0.15) is 0 Å². The summed E-state index contributed by atoms with van der Waals surface area (Å²) in [7, 11) is 0. The number of piperidine rings is 1. The van der Waals surface area contributed by atoms with Crippen LogP contribution in [0.5, 0.6) is 0 Å². The van der Waals surface area contributed by atoms with Crippen molar-refractivity contribution < 1.29 is 4.39 Å². The monoisotopic (exact) mass is 378 g/mol. The van der Waals surface area contributed by atoms with Gasteiger partial charge in [-0.15, -0.1) is 23.5 Å². The SMILES string of the molecule is NC(=Nc1cc2c(cc1F)SCCN2C1CCNCC1)C1CC=CS1. The van der Waals surface area contributed by atoms with Crippen LogP contribution in [0.15, 0.2) is 33.5 Å². The molecule has 0 aliphatic carbocycles. The summed E-state index contributed by atoms with van der Waals surface area (Å²) in [6.07, 6.45) is 5.21. The first kappa shape index (κ1) is 17.2. The number of nitrogens with one attached hydrogen (secondary N) is 1. The molecule has 3 aliphatic rings. The largest absolute Gasteiger partial charge is 0.386 e. The van der Waals surface area contributed by atoms with Crippen LogP contribution in [0.25, 0.3) is 0 Å². The minimum absolute atomic E-state index is 0.130. The Morgan fingerprint density at radius 1 is 1.32 bits per heavy atom. The molecular weight excluding hydrogens is 355 g/mol. The zero-order valence-corrected chi connectivity index (χ0v) is 15.7. The van der Waals surface area contributed by atoms with Gasteiger partial charge in [0.1, 0.15) is 17.3 Å². The molecule has 0 amide bonds. The van der Waals surface area contributed by atoms with Crippen LogP contribution in [0.4, 0.5) is 15.8 Å². The van der Waals surface area contributed by atoms with Crippen molar-refractivity contribution >= 4 is 40.7 Å². The van der Waals surface area contributed by atoms with Crippen molar-refractivity contribution in [3.8, 4) is 0 Å². The van der Waals surface area contributed by atoms with Gasteiger partial charge in [-0.25, -0.2) is 9.38 Å². The van der Waals surface area contributed by atoms with E-state index in [1.165, 1.54) is 0 Å². The van der Waals surface area contributed by atoms with E-state index in [0.29, 0.717) is 17.6 Å². The van der Waals surface area contributed by atoms with E-state index in [0.717, 1.165) is 55.2 Å². The molecule has 7 heteroatoms. The van der Waals surface area contributed by atoms with Gasteiger partial charge < -0.3 is 16.0 Å². The highest BCUT2D eigenvalue weighted by Gasteiger charge is 2.27. The molecule has 0 spiro atoms. The highest BCUT2D eigenvalue weighted by Crippen LogP contribution is 2.41. The minimum Gasteiger partial charge on any atom is -0.386 e. The number of thioether (sulfide) groups is 2. The molecule has 3 N–H and O–H groups in total. The molecule has 4 rings (SSSR count). The summed E-state index contributed by atoms with van der Waals surface area (Å²) in [5, 5.41) is 5.58. The average Bonchev–Trinajstić information content (AvgIpc) is 3.17. The van der Waals surface area contributed by atoms with Gasteiger partial charge in [0.25, 0.3) is 0 Å². The number of nitrogens with two attached hydrogens (primary N) is 1. The van der Waals surface area contributed by atoms with Crippen LogP contribution < -0.4 is 16.0 Å². The third-order valence-electron chi connectivity index (χ3n) is 4.95. The lowest BCUT2D eigenvalue weighted by atomic mass is 10.0. The van der Waals surface area contributed by atoms with Crippen molar-refractivity contribution in [2.75, 3.05) is 30.3 Å². The van der Waals surface area contributed by atoms with Gasteiger partial charge in [-0.1, -0.05) is 6.08 Å². The summed E-state index contributed by atoms with van der Waals surface area (Å²) in [4.78, 5) is 7.91. The predicted octanol–water partition coefficient (Wildman–Crippen LogP) is 3.50. The molecule has 1 fully saturated rings. The standard InChI is InChI=1S/C18H23FN4S2/c19-13-10-17-15(11-14(13)22-18(20)16-2-1-8-24-16)23(7-9-25-17)12-3-5-21-6-4-12/h1,8,10-12,16,21H,2-7,9H2,(H2,20,22). The number of anilines is 1. The lowest BCUT2D eigenvalue weighted by Gasteiger charge is -2.39. The molecule has 4 nitrogen and oxygen atoms in total. The van der Waals surface area contributed by atoms with Gasteiger partial charge >= 0.3 is 0 Å². The molecule has 1 aromatic rings. The normalized spacial score (nSPS) is 24.6. The lowest BCUT2D eigenvalue weighted by Crippen LogP contribution is -2.45. The summed E-state index contributed by atoms with van der Waals surface area (Å²) in [6, 6.07) is 4.06. The summed E-state index contributed by atoms with van der Waals surface area (Å²) in [6.45, 7) is 3.11. The smallest absolute Gasteiger partial charge is 0.150 e. The Morgan fingerprint density at radius 3 is 2.92 bits per heavy atom. The highest BCUT2D eigenvalue weighted by molar-refractivity contribution is 8.03. The van der Waals surface area contributed by atoms with E-state index < -0.39 is 0 Å². The van der Waals surface area contributed by atoms with Crippen molar-refractivity contribution in [2.45, 2.75) is 35.4 Å². The van der Waals surface area contributed by atoms with Gasteiger partial charge in [-0.05, 0) is 49.9 Å². The number of rotatable bonds is 3. The molecule has 0 aromatic heterocycles. The number of benzene rings is 1. The number of nitrogens with zero attached hydrogens (tertiary/aromatic N) is 2. The van der Waals surface area contributed by atoms with Crippen molar-refractivity contribution in [1.29, 1.82) is 0 Å². The molecule has 0 bridgehead atoms. The van der Waals surface area contributed by atoms with E-state index in [4.69, 9.17) is 5.73 Å². The van der Waals surface area contributed by atoms with Crippen LogP contribution in [-0.4, -0.2) is 42.5 Å². The Labute approximate surface area is 156 Å². The third-order valence-corrected chi connectivity index (χ3v) is 7.08. The zero-order valence-electron chi connectivity index (χ0n) is 14.1. The molecule has 3 aliphatic heterocycles. The Kier molecular flexibility index (Phi) is 5.24. The predicted molar refractivity (Wildman–Crippen MR) is 107 cm³/mol. The molecule has 1 atom stereocenters. The molecule has 1 aromatic carbocycles. The second-order valence-electron chi connectivity index (χ2n) is 6.56. The van der Waals surface area contributed by atoms with Crippen molar-refractivity contribution in [1.82, 2.24) is 5.32 Å². The van der Waals surface area contributed by atoms with Crippen molar-refractivity contribution in [3.05, 3.63) is 29.4 Å². The first-order chi connectivity index (χ1) is 12.2. The number of hydrogen-bond donors (Lipinski definition) is 2. The quantitative estimate of drug-likeness (QED) is 0.623. The maximum atomic E-state index is 14.6. The number of halogens is 1. The lowest BCUT2D eigenvalue weighted by molar-refractivity contribution is 0.432. The van der Waals surface area contributed by atoms with Gasteiger partial charge in [0.15, 0.2) is 0 Å². The molecule has 0 saturated carbocycles. The molecule has 1 unspecified atom stereocenters. The molecule has 3 heterocycles. The fourth-order valence-electron chi connectivity index (χ4n) is 3.62. The molecule has 25 heavy (non-hydrogen) atoms. The first-order valence-electron chi connectivity index (χ1n) is 8.80. The third kappa shape index (κ3) is 3.68. The highest BCUT2D eigenvalue weighted by atomic mass is 32.2. The Hall–Kier alpha value is -1.18. The average molecular weight is 379 g/mol. The van der Waals surface area contributed by atoms with E-state index in [-0.39, 0.29) is 11.1 Å². The second-order valence-corrected chi connectivity index (χ2v) is 8.81. The Morgan fingerprint density at radius 2 is 2.16 bits per heavy atom. The summed E-state index contributed by atoms with van der Waals surface area (Å²) in [5.41, 5.74) is 7.61. The first-order valence-corrected chi connectivity index (χ1v) is 10.7. The fraction of sp³-hybridized carbons (Fsp3) is 0.500. The van der Waals surface area contributed by atoms with Crippen LogP contribution in [0.1, 0.15) is 19.3 Å². The van der Waals surface area contributed by atoms with Gasteiger partial charge in [0, 0.05) is 23.2 Å². The summed E-state index contributed by atoms with van der Waals surface area (Å²) < 4.78 is 14.6. The Bertz CT molecular complexity index is 693. The fourth-order valence-corrected chi connectivity index (χ4v) is 5.46. The molecule has 1 saturated heterocycles.